The largest absolute Gasteiger partial charge is 0.316 e. The summed E-state index contributed by atoms with van der Waals surface area (Å²) in [7, 11) is -3.36. The average molecular weight is 232 g/mol. The summed E-state index contributed by atoms with van der Waals surface area (Å²) in [6.45, 7) is 1.51. The van der Waals surface area contributed by atoms with Gasteiger partial charge in [-0.3, -0.25) is 9.52 Å². The Kier molecular flexibility index (Phi) is 2.97. The van der Waals surface area contributed by atoms with Crippen LogP contribution < -0.4 is 10.0 Å². The van der Waals surface area contributed by atoms with Gasteiger partial charge in [0.05, 0.1) is 11.2 Å². The van der Waals surface area contributed by atoms with Crippen molar-refractivity contribution < 1.29 is 13.2 Å². The maximum absolute atomic E-state index is 11.6. The zero-order valence-corrected chi connectivity index (χ0v) is 9.35. The molecule has 0 bridgehead atoms. The monoisotopic (exact) mass is 232 g/mol. The fourth-order valence-electron chi connectivity index (χ4n) is 1.76. The first kappa shape index (κ1) is 10.9. The average Bonchev–Trinajstić information content (AvgIpc) is 3.01. The molecule has 6 heteroatoms. The van der Waals surface area contributed by atoms with Gasteiger partial charge in [0.15, 0.2) is 0 Å². The molecule has 0 radical (unpaired) electrons. The minimum absolute atomic E-state index is 0.188. The number of rotatable bonds is 3. The fourth-order valence-corrected chi connectivity index (χ4v) is 3.13. The maximum atomic E-state index is 11.6. The first-order valence-electron chi connectivity index (χ1n) is 5.36. The Labute approximate surface area is 89.7 Å². The van der Waals surface area contributed by atoms with Crippen molar-refractivity contribution in [3.63, 3.8) is 0 Å². The van der Waals surface area contributed by atoms with Crippen molar-refractivity contribution in [1.29, 1.82) is 0 Å². The van der Waals surface area contributed by atoms with E-state index in [1.165, 1.54) is 0 Å². The predicted octanol–water partition coefficient (Wildman–Crippen LogP) is -0.406. The zero-order chi connectivity index (χ0) is 10.9. The second kappa shape index (κ2) is 4.09. The summed E-state index contributed by atoms with van der Waals surface area (Å²) in [5, 5.41) is 2.77. The molecule has 1 saturated heterocycles. The molecule has 0 unspecified atom stereocenters. The second-order valence-electron chi connectivity index (χ2n) is 4.25. The summed E-state index contributed by atoms with van der Waals surface area (Å²) in [6, 6.07) is 0. The van der Waals surface area contributed by atoms with Gasteiger partial charge < -0.3 is 5.32 Å². The van der Waals surface area contributed by atoms with Gasteiger partial charge in [0.2, 0.25) is 15.9 Å². The number of piperidine rings is 1. The van der Waals surface area contributed by atoms with Crippen LogP contribution >= 0.6 is 0 Å². The molecular formula is C9H16N2O3S. The molecule has 2 aliphatic rings. The van der Waals surface area contributed by atoms with Crippen molar-refractivity contribution in [2.45, 2.75) is 30.9 Å². The number of amides is 1. The lowest BCUT2D eigenvalue weighted by atomic mass is 9.99. The highest BCUT2D eigenvalue weighted by molar-refractivity contribution is 7.90. The molecule has 5 nitrogen and oxygen atoms in total. The molecule has 2 rings (SSSR count). The molecule has 1 aliphatic carbocycles. The lowest BCUT2D eigenvalue weighted by Gasteiger charge is -2.21. The molecule has 2 N–H and O–H groups in total. The molecule has 1 heterocycles. The van der Waals surface area contributed by atoms with Crippen molar-refractivity contribution >= 4 is 15.9 Å². The van der Waals surface area contributed by atoms with E-state index in [9.17, 15) is 13.2 Å². The molecular weight excluding hydrogens is 216 g/mol. The Balaban J connectivity index is 1.90. The van der Waals surface area contributed by atoms with Crippen molar-refractivity contribution in [3.8, 4) is 0 Å². The third kappa shape index (κ3) is 2.69. The normalized spacial score (nSPS) is 27.3. The van der Waals surface area contributed by atoms with Crippen LogP contribution in [0.4, 0.5) is 0 Å². The van der Waals surface area contributed by atoms with E-state index in [0.29, 0.717) is 19.4 Å². The van der Waals surface area contributed by atoms with Crippen LogP contribution in [0.1, 0.15) is 25.7 Å². The first-order chi connectivity index (χ1) is 7.09. The molecule has 1 aliphatic heterocycles. The molecule has 0 aromatic heterocycles. The SMILES string of the molecule is O=C(NS(=O)(=O)C1CC1)[C@H]1CCCNC1. The van der Waals surface area contributed by atoms with Crippen molar-refractivity contribution in [3.05, 3.63) is 0 Å². The number of nitrogens with one attached hydrogen (secondary N) is 2. The smallest absolute Gasteiger partial charge is 0.237 e. The van der Waals surface area contributed by atoms with Gasteiger partial charge >= 0.3 is 0 Å². The highest BCUT2D eigenvalue weighted by Gasteiger charge is 2.38. The number of sulfonamides is 1. The summed E-state index contributed by atoms with van der Waals surface area (Å²) in [5.41, 5.74) is 0. The van der Waals surface area contributed by atoms with E-state index in [2.05, 4.69) is 10.0 Å². The molecule has 2 fully saturated rings. The molecule has 1 atom stereocenters. The molecule has 0 aromatic rings. The summed E-state index contributed by atoms with van der Waals surface area (Å²) in [6.07, 6.45) is 3.08. The van der Waals surface area contributed by atoms with Crippen LogP contribution in [0.15, 0.2) is 0 Å². The van der Waals surface area contributed by atoms with Gasteiger partial charge in [-0.1, -0.05) is 0 Å². The first-order valence-corrected chi connectivity index (χ1v) is 6.90. The van der Waals surface area contributed by atoms with Gasteiger partial charge in [-0.2, -0.15) is 0 Å². The lowest BCUT2D eigenvalue weighted by molar-refractivity contribution is -0.123. The molecule has 15 heavy (non-hydrogen) atoms. The van der Waals surface area contributed by atoms with E-state index in [0.717, 1.165) is 19.4 Å². The minimum Gasteiger partial charge on any atom is -0.316 e. The number of carbonyl (C=O) groups is 1. The minimum atomic E-state index is -3.36. The third-order valence-electron chi connectivity index (χ3n) is 2.87. The summed E-state index contributed by atoms with van der Waals surface area (Å²) >= 11 is 0. The van der Waals surface area contributed by atoms with Crippen molar-refractivity contribution in [1.82, 2.24) is 10.0 Å². The number of hydrogen-bond donors (Lipinski definition) is 2. The highest BCUT2D eigenvalue weighted by Crippen LogP contribution is 2.27. The molecule has 86 valence electrons. The molecule has 1 saturated carbocycles. The van der Waals surface area contributed by atoms with Gasteiger partial charge in [0, 0.05) is 6.54 Å². The van der Waals surface area contributed by atoms with Crippen molar-refractivity contribution in [2.24, 2.45) is 5.92 Å². The van der Waals surface area contributed by atoms with Gasteiger partial charge in [-0.25, -0.2) is 8.42 Å². The van der Waals surface area contributed by atoms with Crippen LogP contribution in [0.2, 0.25) is 0 Å². The van der Waals surface area contributed by atoms with Crippen LogP contribution in [0.25, 0.3) is 0 Å². The highest BCUT2D eigenvalue weighted by atomic mass is 32.2. The van der Waals surface area contributed by atoms with Gasteiger partial charge in [-0.15, -0.1) is 0 Å². The molecule has 0 aromatic carbocycles. The van der Waals surface area contributed by atoms with Crippen LogP contribution in [-0.4, -0.2) is 32.7 Å². The van der Waals surface area contributed by atoms with E-state index in [-0.39, 0.29) is 17.1 Å². The summed E-state index contributed by atoms with van der Waals surface area (Å²) in [5.74, 6) is -0.527. The van der Waals surface area contributed by atoms with E-state index in [1.54, 1.807) is 0 Å². The Morgan fingerprint density at radius 1 is 1.27 bits per heavy atom. The van der Waals surface area contributed by atoms with E-state index in [1.807, 2.05) is 0 Å². The Morgan fingerprint density at radius 2 is 2.00 bits per heavy atom. The van der Waals surface area contributed by atoms with Crippen LogP contribution in [0.3, 0.4) is 0 Å². The predicted molar refractivity (Wildman–Crippen MR) is 55.7 cm³/mol. The van der Waals surface area contributed by atoms with E-state index < -0.39 is 10.0 Å². The fraction of sp³-hybridized carbons (Fsp3) is 0.889. The standard InChI is InChI=1S/C9H16N2O3S/c12-9(7-2-1-5-10-6-7)11-15(13,14)8-3-4-8/h7-8,10H,1-6H2,(H,11,12)/t7-/m0/s1. The summed E-state index contributed by atoms with van der Waals surface area (Å²) < 4.78 is 25.2. The Bertz CT molecular complexity index is 342. The van der Waals surface area contributed by atoms with Gasteiger partial charge in [0.1, 0.15) is 0 Å². The second-order valence-corrected chi connectivity index (χ2v) is 6.21. The lowest BCUT2D eigenvalue weighted by Crippen LogP contribution is -2.43. The molecule has 1 amide bonds. The Morgan fingerprint density at radius 3 is 2.53 bits per heavy atom. The van der Waals surface area contributed by atoms with Crippen LogP contribution in [-0.2, 0) is 14.8 Å². The quantitative estimate of drug-likeness (QED) is 0.694. The van der Waals surface area contributed by atoms with Crippen molar-refractivity contribution in [2.75, 3.05) is 13.1 Å². The zero-order valence-electron chi connectivity index (χ0n) is 8.53. The third-order valence-corrected chi connectivity index (χ3v) is 4.71. The number of hydrogen-bond acceptors (Lipinski definition) is 4. The molecule has 0 spiro atoms. The maximum Gasteiger partial charge on any atom is 0.237 e. The van der Waals surface area contributed by atoms with E-state index >= 15 is 0 Å². The van der Waals surface area contributed by atoms with Gasteiger partial charge in [-0.05, 0) is 32.2 Å². The van der Waals surface area contributed by atoms with E-state index in [4.69, 9.17) is 0 Å². The number of carbonyl (C=O) groups excluding carboxylic acids is 1. The van der Waals surface area contributed by atoms with Crippen LogP contribution in [0, 0.1) is 5.92 Å². The van der Waals surface area contributed by atoms with Gasteiger partial charge in [0.25, 0.3) is 0 Å². The topological polar surface area (TPSA) is 75.3 Å². The summed E-state index contributed by atoms with van der Waals surface area (Å²) in [4.78, 5) is 11.6. The Hall–Kier alpha value is -0.620. The van der Waals surface area contributed by atoms with Crippen LogP contribution in [0.5, 0.6) is 0 Å².